The van der Waals surface area contributed by atoms with Crippen LogP contribution in [0.25, 0.3) is 0 Å². The van der Waals surface area contributed by atoms with Crippen molar-refractivity contribution in [2.75, 3.05) is 21.1 Å². The summed E-state index contributed by atoms with van der Waals surface area (Å²) in [5, 5.41) is 8.86. The molecule has 0 saturated heterocycles. The lowest BCUT2D eigenvalue weighted by Crippen LogP contribution is -2.42. The van der Waals surface area contributed by atoms with Gasteiger partial charge in [0.25, 0.3) is 7.82 Å². The standard InChI is InChI=1S/C5H14NO.H3O4P/c1-5(7)6(2,3)4;1-5(2,3)4/h5,7H,1-4H3;(H3,1,2,3,4)/q+1;/p-1. The number of hydrogen-bond acceptors (Lipinski definition) is 3. The first-order valence-corrected chi connectivity index (χ1v) is 4.73. The van der Waals surface area contributed by atoms with E-state index in [-0.39, 0.29) is 6.23 Å². The van der Waals surface area contributed by atoms with Crippen molar-refractivity contribution in [3.63, 3.8) is 0 Å². The highest BCUT2D eigenvalue weighted by atomic mass is 31.2. The van der Waals surface area contributed by atoms with Crippen molar-refractivity contribution in [3.05, 3.63) is 0 Å². The summed E-state index contributed by atoms with van der Waals surface area (Å²) in [6, 6.07) is 0. The maximum Gasteiger partial charge on any atom is 0.262 e. The van der Waals surface area contributed by atoms with Crippen LogP contribution in [0.5, 0.6) is 0 Å². The SMILES string of the molecule is CC(O)[N+](C)(C)C.O=P([O-])(O)O. The Morgan fingerprint density at radius 2 is 1.42 bits per heavy atom. The lowest BCUT2D eigenvalue weighted by Gasteiger charge is -2.26. The topological polar surface area (TPSA) is 101 Å². The normalized spacial score (nSPS) is 14.7. The fraction of sp³-hybridized carbons (Fsp3) is 1.00. The summed E-state index contributed by atoms with van der Waals surface area (Å²) >= 11 is 0. The molecule has 3 N–H and O–H groups in total. The van der Waals surface area contributed by atoms with Gasteiger partial charge in [-0.3, -0.25) is 4.57 Å². The zero-order chi connectivity index (χ0) is 10.6. The van der Waals surface area contributed by atoms with Crippen LogP contribution < -0.4 is 4.89 Å². The molecule has 12 heavy (non-hydrogen) atoms. The number of nitrogens with zero attached hydrogens (tertiary/aromatic N) is 1. The zero-order valence-corrected chi connectivity index (χ0v) is 8.52. The monoisotopic (exact) mass is 201 g/mol. The number of quaternary nitrogens is 1. The van der Waals surface area contributed by atoms with E-state index in [1.165, 1.54) is 0 Å². The molecule has 0 spiro atoms. The predicted molar refractivity (Wildman–Crippen MR) is 41.8 cm³/mol. The maximum absolute atomic E-state index is 8.86. The van der Waals surface area contributed by atoms with Crippen molar-refractivity contribution in [3.8, 4) is 0 Å². The second kappa shape index (κ2) is 4.91. The average molecular weight is 201 g/mol. The number of hydrogen-bond donors (Lipinski definition) is 3. The van der Waals surface area contributed by atoms with Gasteiger partial charge in [-0.05, 0) is 0 Å². The van der Waals surface area contributed by atoms with Crippen molar-refractivity contribution in [2.45, 2.75) is 13.2 Å². The van der Waals surface area contributed by atoms with Gasteiger partial charge in [-0.15, -0.1) is 0 Å². The maximum atomic E-state index is 8.86. The van der Waals surface area contributed by atoms with E-state index < -0.39 is 7.82 Å². The second-order valence-corrected chi connectivity index (χ2v) is 4.22. The smallest absolute Gasteiger partial charge is 0.262 e. The van der Waals surface area contributed by atoms with Crippen LogP contribution in [0.1, 0.15) is 6.92 Å². The fourth-order valence-electron chi connectivity index (χ4n) is 0. The van der Waals surface area contributed by atoms with E-state index in [0.29, 0.717) is 4.48 Å². The Kier molecular flexibility index (Phi) is 5.96. The van der Waals surface area contributed by atoms with Crippen LogP contribution in [0.15, 0.2) is 0 Å². The van der Waals surface area contributed by atoms with Crippen LogP contribution in [-0.4, -0.2) is 46.7 Å². The summed E-state index contributed by atoms with van der Waals surface area (Å²) < 4.78 is 9.38. The summed E-state index contributed by atoms with van der Waals surface area (Å²) in [7, 11) is 0.958. The van der Waals surface area contributed by atoms with E-state index in [1.807, 2.05) is 21.1 Å². The molecule has 0 amide bonds. The summed E-state index contributed by atoms with van der Waals surface area (Å²) in [5.41, 5.74) is 0. The summed E-state index contributed by atoms with van der Waals surface area (Å²) in [4.78, 5) is 22.9. The molecule has 6 nitrogen and oxygen atoms in total. The summed E-state index contributed by atoms with van der Waals surface area (Å²) in [6.07, 6.45) is -0.264. The van der Waals surface area contributed by atoms with Crippen molar-refractivity contribution in [2.24, 2.45) is 0 Å². The molecule has 0 fully saturated rings. The van der Waals surface area contributed by atoms with Crippen LogP contribution >= 0.6 is 7.82 Å². The van der Waals surface area contributed by atoms with Gasteiger partial charge in [0.05, 0.1) is 21.1 Å². The summed E-state index contributed by atoms with van der Waals surface area (Å²) in [6.45, 7) is 1.78. The molecule has 0 radical (unpaired) electrons. The first-order valence-electron chi connectivity index (χ1n) is 3.20. The van der Waals surface area contributed by atoms with Gasteiger partial charge in [-0.25, -0.2) is 0 Å². The summed E-state index contributed by atoms with van der Waals surface area (Å²) in [5.74, 6) is 0. The van der Waals surface area contributed by atoms with E-state index in [2.05, 4.69) is 0 Å². The van der Waals surface area contributed by atoms with E-state index in [4.69, 9.17) is 24.4 Å². The quantitative estimate of drug-likeness (QED) is 0.271. The number of phosphoric acid groups is 1. The molecule has 0 bridgehead atoms. The molecule has 0 aromatic carbocycles. The second-order valence-electron chi connectivity index (χ2n) is 3.24. The van der Waals surface area contributed by atoms with Gasteiger partial charge in [0.15, 0.2) is 6.23 Å². The molecule has 0 heterocycles. The van der Waals surface area contributed by atoms with Crippen molar-refractivity contribution in [1.82, 2.24) is 0 Å². The average Bonchev–Trinajstić information content (AvgIpc) is 1.55. The Morgan fingerprint density at radius 1 is 1.33 bits per heavy atom. The van der Waals surface area contributed by atoms with E-state index in [0.717, 1.165) is 0 Å². The van der Waals surface area contributed by atoms with E-state index in [9.17, 15) is 0 Å². The minimum absolute atomic E-state index is 0.264. The van der Waals surface area contributed by atoms with Crippen LogP contribution in [0, 0.1) is 0 Å². The Hall–Kier alpha value is 0.0300. The molecule has 0 aromatic heterocycles. The van der Waals surface area contributed by atoms with Crippen molar-refractivity contribution in [1.29, 1.82) is 0 Å². The van der Waals surface area contributed by atoms with E-state index >= 15 is 0 Å². The molecule has 1 atom stereocenters. The third kappa shape index (κ3) is 22.5. The number of aliphatic hydroxyl groups is 1. The van der Waals surface area contributed by atoms with Crippen molar-refractivity contribution >= 4 is 7.82 Å². The van der Waals surface area contributed by atoms with Gasteiger partial charge in [-0.2, -0.15) is 0 Å². The minimum atomic E-state index is -4.89. The Morgan fingerprint density at radius 3 is 1.42 bits per heavy atom. The van der Waals surface area contributed by atoms with Crippen molar-refractivity contribution < 1.29 is 28.8 Å². The number of aliphatic hydroxyl groups excluding tert-OH is 1. The van der Waals surface area contributed by atoms with Crippen LogP contribution in [-0.2, 0) is 4.57 Å². The third-order valence-electron chi connectivity index (χ3n) is 1.12. The van der Waals surface area contributed by atoms with Gasteiger partial charge in [-0.1, -0.05) is 0 Å². The largest absolute Gasteiger partial charge is 0.756 e. The first kappa shape index (κ1) is 14.5. The van der Waals surface area contributed by atoms with Gasteiger partial charge < -0.3 is 24.3 Å². The molecule has 0 aromatic rings. The van der Waals surface area contributed by atoms with Gasteiger partial charge >= 0.3 is 0 Å². The minimum Gasteiger partial charge on any atom is -0.756 e. The molecule has 7 heteroatoms. The highest BCUT2D eigenvalue weighted by Crippen LogP contribution is 2.18. The molecular formula is C5H16NO5P. The Balaban J connectivity index is 0. The molecule has 1 unspecified atom stereocenters. The lowest BCUT2D eigenvalue weighted by atomic mass is 10.5. The highest BCUT2D eigenvalue weighted by Gasteiger charge is 2.12. The molecule has 0 aliphatic rings. The molecule has 76 valence electrons. The molecule has 0 aliphatic carbocycles. The third-order valence-corrected chi connectivity index (χ3v) is 1.12. The molecular weight excluding hydrogens is 185 g/mol. The Bertz CT molecular complexity index is 149. The zero-order valence-electron chi connectivity index (χ0n) is 7.63. The fourth-order valence-corrected chi connectivity index (χ4v) is 0. The highest BCUT2D eigenvalue weighted by molar-refractivity contribution is 7.43. The molecule has 0 rings (SSSR count). The predicted octanol–water partition coefficient (Wildman–Crippen LogP) is -1.53. The Labute approximate surface area is 71.9 Å². The van der Waals surface area contributed by atoms with Crippen LogP contribution in [0.3, 0.4) is 0 Å². The molecule has 0 saturated carbocycles. The number of rotatable bonds is 1. The van der Waals surface area contributed by atoms with Gasteiger partial charge in [0.1, 0.15) is 0 Å². The lowest BCUT2D eigenvalue weighted by molar-refractivity contribution is -0.916. The van der Waals surface area contributed by atoms with Gasteiger partial charge in [0, 0.05) is 6.92 Å². The molecule has 0 aliphatic heterocycles. The van der Waals surface area contributed by atoms with Gasteiger partial charge in [0.2, 0.25) is 0 Å². The van der Waals surface area contributed by atoms with Crippen LogP contribution in [0.2, 0.25) is 0 Å². The van der Waals surface area contributed by atoms with E-state index in [1.54, 1.807) is 6.92 Å². The van der Waals surface area contributed by atoms with Crippen LogP contribution in [0.4, 0.5) is 0 Å². The first-order chi connectivity index (χ1) is 4.94.